The Morgan fingerprint density at radius 1 is 1.36 bits per heavy atom. The first-order valence-electron chi connectivity index (χ1n) is 7.42. The second kappa shape index (κ2) is 4.53. The molecule has 1 aliphatic carbocycles. The van der Waals surface area contributed by atoms with Crippen molar-refractivity contribution in [3.05, 3.63) is 30.2 Å². The standard InChI is InChI=1S/C15H16N4O3/c20-13(10-3-4-12-17-16-9-19(12)6-10)18-7-11-2-1-5-15(11,8-18)14(21)22/h3-4,6,9,11H,1-2,5,7-8H2,(H,21,22)/t11-,15+/m0/s1. The Hall–Kier alpha value is -2.44. The number of aliphatic carboxylic acids is 1. The fourth-order valence-corrected chi connectivity index (χ4v) is 3.93. The van der Waals surface area contributed by atoms with E-state index in [1.165, 1.54) is 0 Å². The molecule has 7 heteroatoms. The third kappa shape index (κ3) is 1.74. The number of carbonyl (C=O) groups is 2. The van der Waals surface area contributed by atoms with Crippen molar-refractivity contribution in [1.82, 2.24) is 19.5 Å². The number of pyridine rings is 1. The van der Waals surface area contributed by atoms with E-state index in [1.54, 1.807) is 34.0 Å². The topological polar surface area (TPSA) is 87.8 Å². The van der Waals surface area contributed by atoms with E-state index in [-0.39, 0.29) is 11.8 Å². The number of carboxylic acids is 1. The number of hydrogen-bond donors (Lipinski definition) is 1. The molecule has 2 aliphatic rings. The average molecular weight is 300 g/mol. The van der Waals surface area contributed by atoms with Crippen LogP contribution in [0.4, 0.5) is 0 Å². The van der Waals surface area contributed by atoms with E-state index < -0.39 is 11.4 Å². The lowest BCUT2D eigenvalue weighted by Crippen LogP contribution is -2.37. The highest BCUT2D eigenvalue weighted by molar-refractivity contribution is 5.95. The fraction of sp³-hybridized carbons (Fsp3) is 0.467. The Balaban J connectivity index is 1.62. The number of carboxylic acid groups (broad SMARTS) is 1. The van der Waals surface area contributed by atoms with Crippen LogP contribution in [-0.2, 0) is 4.79 Å². The van der Waals surface area contributed by atoms with Gasteiger partial charge in [-0.2, -0.15) is 0 Å². The highest BCUT2D eigenvalue weighted by Gasteiger charge is 2.55. The predicted molar refractivity (Wildman–Crippen MR) is 76.3 cm³/mol. The summed E-state index contributed by atoms with van der Waals surface area (Å²) in [4.78, 5) is 26.1. The van der Waals surface area contributed by atoms with Crippen LogP contribution in [0.25, 0.3) is 5.65 Å². The smallest absolute Gasteiger partial charge is 0.311 e. The van der Waals surface area contributed by atoms with Gasteiger partial charge in [-0.3, -0.25) is 14.0 Å². The molecule has 1 aliphatic heterocycles. The summed E-state index contributed by atoms with van der Waals surface area (Å²) in [5, 5.41) is 17.3. The molecule has 7 nitrogen and oxygen atoms in total. The van der Waals surface area contributed by atoms with Crippen molar-refractivity contribution in [2.75, 3.05) is 13.1 Å². The van der Waals surface area contributed by atoms with Gasteiger partial charge in [0.05, 0.1) is 11.0 Å². The summed E-state index contributed by atoms with van der Waals surface area (Å²) in [5.74, 6) is -0.808. The van der Waals surface area contributed by atoms with E-state index in [0.717, 1.165) is 12.8 Å². The molecule has 4 rings (SSSR count). The van der Waals surface area contributed by atoms with Crippen molar-refractivity contribution in [2.45, 2.75) is 19.3 Å². The first-order valence-corrected chi connectivity index (χ1v) is 7.42. The summed E-state index contributed by atoms with van der Waals surface area (Å²) in [6.07, 6.45) is 5.73. The van der Waals surface area contributed by atoms with Gasteiger partial charge in [0, 0.05) is 19.3 Å². The molecule has 1 N–H and O–H groups in total. The molecule has 0 aromatic carbocycles. The lowest BCUT2D eigenvalue weighted by molar-refractivity contribution is -0.149. The van der Waals surface area contributed by atoms with Gasteiger partial charge < -0.3 is 10.0 Å². The van der Waals surface area contributed by atoms with Crippen LogP contribution in [0.3, 0.4) is 0 Å². The van der Waals surface area contributed by atoms with Crippen LogP contribution < -0.4 is 0 Å². The summed E-state index contributed by atoms with van der Waals surface area (Å²) in [7, 11) is 0. The summed E-state index contributed by atoms with van der Waals surface area (Å²) in [6, 6.07) is 3.46. The molecular weight excluding hydrogens is 284 g/mol. The molecule has 0 radical (unpaired) electrons. The van der Waals surface area contributed by atoms with Crippen LogP contribution in [0.2, 0.25) is 0 Å². The number of amides is 1. The first kappa shape index (κ1) is 13.2. The van der Waals surface area contributed by atoms with Gasteiger partial charge in [-0.05, 0) is 30.9 Å². The Labute approximate surface area is 126 Å². The van der Waals surface area contributed by atoms with Gasteiger partial charge >= 0.3 is 5.97 Å². The zero-order valence-corrected chi connectivity index (χ0v) is 12.0. The molecule has 2 aromatic heterocycles. The van der Waals surface area contributed by atoms with E-state index in [9.17, 15) is 14.7 Å². The molecule has 2 atom stereocenters. The van der Waals surface area contributed by atoms with Gasteiger partial charge in [-0.1, -0.05) is 6.42 Å². The Morgan fingerprint density at radius 2 is 2.23 bits per heavy atom. The maximum atomic E-state index is 12.7. The number of aromatic nitrogens is 3. The fourth-order valence-electron chi connectivity index (χ4n) is 3.93. The molecule has 1 saturated carbocycles. The minimum atomic E-state index is -0.764. The Bertz CT molecular complexity index is 771. The molecule has 22 heavy (non-hydrogen) atoms. The normalized spacial score (nSPS) is 27.3. The van der Waals surface area contributed by atoms with Crippen molar-refractivity contribution < 1.29 is 14.7 Å². The predicted octanol–water partition coefficient (Wildman–Crippen LogP) is 1.06. The monoisotopic (exact) mass is 300 g/mol. The largest absolute Gasteiger partial charge is 0.481 e. The van der Waals surface area contributed by atoms with Crippen LogP contribution in [0.1, 0.15) is 29.6 Å². The van der Waals surface area contributed by atoms with Crippen molar-refractivity contribution in [3.8, 4) is 0 Å². The van der Waals surface area contributed by atoms with Crippen LogP contribution in [-0.4, -0.2) is 49.6 Å². The van der Waals surface area contributed by atoms with Crippen molar-refractivity contribution in [1.29, 1.82) is 0 Å². The lowest BCUT2D eigenvalue weighted by atomic mass is 9.81. The zero-order valence-electron chi connectivity index (χ0n) is 12.0. The highest BCUT2D eigenvalue weighted by Crippen LogP contribution is 2.49. The Kier molecular flexibility index (Phi) is 2.72. The van der Waals surface area contributed by atoms with E-state index in [4.69, 9.17) is 0 Å². The van der Waals surface area contributed by atoms with Gasteiger partial charge in [0.1, 0.15) is 6.33 Å². The van der Waals surface area contributed by atoms with Gasteiger partial charge in [-0.15, -0.1) is 10.2 Å². The van der Waals surface area contributed by atoms with Gasteiger partial charge in [0.15, 0.2) is 5.65 Å². The quantitative estimate of drug-likeness (QED) is 0.896. The zero-order chi connectivity index (χ0) is 15.3. The lowest BCUT2D eigenvalue weighted by Gasteiger charge is -2.23. The molecule has 1 amide bonds. The molecule has 1 saturated heterocycles. The third-order valence-corrected chi connectivity index (χ3v) is 5.12. The molecular formula is C15H16N4O3. The molecule has 0 bridgehead atoms. The van der Waals surface area contributed by atoms with Gasteiger partial charge in [0.2, 0.25) is 0 Å². The van der Waals surface area contributed by atoms with E-state index in [0.29, 0.717) is 30.7 Å². The van der Waals surface area contributed by atoms with Crippen LogP contribution >= 0.6 is 0 Å². The minimum Gasteiger partial charge on any atom is -0.481 e. The number of carbonyl (C=O) groups excluding carboxylic acids is 1. The Morgan fingerprint density at radius 3 is 3.00 bits per heavy atom. The second-order valence-electron chi connectivity index (χ2n) is 6.25. The maximum absolute atomic E-state index is 12.7. The molecule has 2 fully saturated rings. The second-order valence-corrected chi connectivity index (χ2v) is 6.25. The van der Waals surface area contributed by atoms with Crippen molar-refractivity contribution in [3.63, 3.8) is 0 Å². The molecule has 114 valence electrons. The highest BCUT2D eigenvalue weighted by atomic mass is 16.4. The van der Waals surface area contributed by atoms with Crippen LogP contribution in [0.15, 0.2) is 24.7 Å². The van der Waals surface area contributed by atoms with Crippen molar-refractivity contribution >= 4 is 17.5 Å². The number of rotatable bonds is 2. The van der Waals surface area contributed by atoms with Gasteiger partial charge in [-0.25, -0.2) is 0 Å². The number of likely N-dealkylation sites (tertiary alicyclic amines) is 1. The molecule has 0 spiro atoms. The summed E-state index contributed by atoms with van der Waals surface area (Å²) < 4.78 is 1.69. The average Bonchev–Trinajstić information content (AvgIpc) is 3.18. The number of nitrogens with zero attached hydrogens (tertiary/aromatic N) is 4. The minimum absolute atomic E-state index is 0.0765. The summed E-state index contributed by atoms with van der Waals surface area (Å²) in [6.45, 7) is 0.845. The first-order chi connectivity index (χ1) is 10.6. The van der Waals surface area contributed by atoms with Crippen LogP contribution in [0.5, 0.6) is 0 Å². The third-order valence-electron chi connectivity index (χ3n) is 5.12. The van der Waals surface area contributed by atoms with E-state index >= 15 is 0 Å². The summed E-state index contributed by atoms with van der Waals surface area (Å²) in [5.41, 5.74) is 0.473. The van der Waals surface area contributed by atoms with Crippen molar-refractivity contribution in [2.24, 2.45) is 11.3 Å². The van der Waals surface area contributed by atoms with E-state index in [2.05, 4.69) is 10.2 Å². The number of hydrogen-bond acceptors (Lipinski definition) is 4. The summed E-state index contributed by atoms with van der Waals surface area (Å²) >= 11 is 0. The molecule has 0 unspecified atom stereocenters. The van der Waals surface area contributed by atoms with Gasteiger partial charge in [0.25, 0.3) is 5.91 Å². The SMILES string of the molecule is O=C(c1ccc2nncn2c1)N1C[C@@H]2CCC[C@@]2(C(=O)O)C1. The number of fused-ring (bicyclic) bond motifs is 2. The molecule has 2 aromatic rings. The molecule has 3 heterocycles. The maximum Gasteiger partial charge on any atom is 0.311 e. The van der Waals surface area contributed by atoms with Crippen LogP contribution in [0, 0.1) is 11.3 Å². The van der Waals surface area contributed by atoms with E-state index in [1.807, 2.05) is 0 Å².